The van der Waals surface area contributed by atoms with Crippen LogP contribution in [-0.2, 0) is 0 Å². The molecule has 2 aromatic carbocycles. The Kier molecular flexibility index (Phi) is 1.17. The van der Waals surface area contributed by atoms with Crippen molar-refractivity contribution in [2.45, 2.75) is 0 Å². The summed E-state index contributed by atoms with van der Waals surface area (Å²) < 4.78 is 0. The zero-order chi connectivity index (χ0) is 9.75. The normalized spacial score (nSPS) is 11.1. The minimum atomic E-state index is -0.879. The van der Waals surface area contributed by atoms with Crippen molar-refractivity contribution in [3.05, 3.63) is 21.9 Å². The van der Waals surface area contributed by atoms with Gasteiger partial charge in [0.25, 0.3) is 5.91 Å². The van der Waals surface area contributed by atoms with Crippen LogP contribution in [0.5, 0.6) is 11.5 Å². The molecule has 0 heterocycles. The second-order valence-electron chi connectivity index (χ2n) is 2.74. The van der Waals surface area contributed by atoms with Crippen molar-refractivity contribution in [1.82, 2.24) is 0 Å². The number of benzene rings is 1. The maximum absolute atomic E-state index is 10.9. The molecule has 13 heavy (non-hydrogen) atoms. The molecule has 0 aromatic heterocycles. The lowest BCUT2D eigenvalue weighted by Gasteiger charge is -1.99. The molecule has 0 fully saturated rings. The van der Waals surface area contributed by atoms with Crippen molar-refractivity contribution in [3.63, 3.8) is 0 Å². The van der Waals surface area contributed by atoms with E-state index in [1.54, 1.807) is 0 Å². The van der Waals surface area contributed by atoms with Crippen molar-refractivity contribution in [2.75, 3.05) is 0 Å². The molecule has 5 nitrogen and oxygen atoms in total. The van der Waals surface area contributed by atoms with Gasteiger partial charge >= 0.3 is 0 Å². The van der Waals surface area contributed by atoms with Gasteiger partial charge in [-0.25, -0.2) is 0 Å². The third-order valence-corrected chi connectivity index (χ3v) is 1.95. The Bertz CT molecular complexity index is 533. The van der Waals surface area contributed by atoms with Crippen LogP contribution < -0.4 is 11.2 Å². The minimum Gasteiger partial charge on any atom is -0.504 e. The molecule has 1 amide bonds. The highest BCUT2D eigenvalue weighted by Crippen LogP contribution is 2.37. The number of rotatable bonds is 1. The van der Waals surface area contributed by atoms with E-state index in [4.69, 9.17) is 5.73 Å². The highest BCUT2D eigenvalue weighted by Gasteiger charge is 2.24. The van der Waals surface area contributed by atoms with Gasteiger partial charge in [-0.15, -0.1) is 0 Å². The molecule has 0 unspecified atom stereocenters. The molecule has 66 valence electrons. The Labute approximate surface area is 71.7 Å². The van der Waals surface area contributed by atoms with Gasteiger partial charge in [-0.1, -0.05) is 0 Å². The van der Waals surface area contributed by atoms with Crippen molar-refractivity contribution < 1.29 is 15.0 Å². The first-order valence-electron chi connectivity index (χ1n) is 3.47. The molecule has 0 aliphatic carbocycles. The number of hydrogen-bond acceptors (Lipinski definition) is 4. The molecule has 0 spiro atoms. The second-order valence-corrected chi connectivity index (χ2v) is 2.74. The van der Waals surface area contributed by atoms with Crippen LogP contribution in [0.4, 0.5) is 0 Å². The van der Waals surface area contributed by atoms with Gasteiger partial charge in [-0.2, -0.15) is 0 Å². The van der Waals surface area contributed by atoms with Crippen LogP contribution in [0.3, 0.4) is 0 Å². The molecule has 2 rings (SSSR count). The number of carbonyl (C=O) groups excluding carboxylic acids is 1. The summed E-state index contributed by atoms with van der Waals surface area (Å²) in [5.41, 5.74) is 4.30. The van der Waals surface area contributed by atoms with Crippen LogP contribution >= 0.6 is 0 Å². The summed E-state index contributed by atoms with van der Waals surface area (Å²) in [5.74, 6) is -2.07. The number of primary amides is 1. The highest BCUT2D eigenvalue weighted by molar-refractivity contribution is 6.10. The Balaban J connectivity index is 2.83. The van der Waals surface area contributed by atoms with Crippen molar-refractivity contribution in [1.29, 1.82) is 0 Å². The van der Waals surface area contributed by atoms with E-state index in [1.165, 1.54) is 6.07 Å². The van der Waals surface area contributed by atoms with Gasteiger partial charge in [0, 0.05) is 5.39 Å². The van der Waals surface area contributed by atoms with Crippen LogP contribution in [0.2, 0.25) is 0 Å². The number of carbonyl (C=O) groups is 1. The molecule has 0 saturated carbocycles. The zero-order valence-corrected chi connectivity index (χ0v) is 6.37. The molecule has 0 aliphatic rings. The maximum atomic E-state index is 10.9. The van der Waals surface area contributed by atoms with Crippen molar-refractivity contribution in [3.8, 4) is 11.5 Å². The number of hydrogen-bond donors (Lipinski definition) is 3. The van der Waals surface area contributed by atoms with E-state index >= 15 is 0 Å². The molecule has 0 bridgehead atoms. The Hall–Kier alpha value is -2.04. The lowest BCUT2D eigenvalue weighted by Crippen LogP contribution is -2.10. The Morgan fingerprint density at radius 2 is 1.92 bits per heavy atom. The molecule has 0 aliphatic heterocycles. The third kappa shape index (κ3) is 0.807. The second kappa shape index (κ2) is 2.01. The van der Waals surface area contributed by atoms with Crippen LogP contribution in [-0.4, -0.2) is 16.1 Å². The van der Waals surface area contributed by atoms with Gasteiger partial charge in [0.15, 0.2) is 16.9 Å². The van der Waals surface area contributed by atoms with E-state index in [0.717, 1.165) is 0 Å². The van der Waals surface area contributed by atoms with Crippen LogP contribution in [0.15, 0.2) is 10.9 Å². The average Bonchev–Trinajstić information content (AvgIpc) is 2.69. The summed E-state index contributed by atoms with van der Waals surface area (Å²) in [6.07, 6.45) is 0. The van der Waals surface area contributed by atoms with E-state index in [-0.39, 0.29) is 21.8 Å². The fraction of sp³-hybridized carbons (Fsp3) is 0. The number of nitrogens with two attached hydrogens (primary N) is 1. The summed E-state index contributed by atoms with van der Waals surface area (Å²) in [4.78, 5) is 21.6. The lowest BCUT2D eigenvalue weighted by molar-refractivity contribution is 0.0997. The topological polar surface area (TPSA) is 101 Å². The van der Waals surface area contributed by atoms with E-state index in [0.29, 0.717) is 0 Å². The molecule has 0 radical (unpaired) electrons. The Morgan fingerprint density at radius 1 is 1.31 bits per heavy atom. The molecule has 5 heteroatoms. The third-order valence-electron chi connectivity index (χ3n) is 1.95. The quantitative estimate of drug-likeness (QED) is 0.518. The smallest absolute Gasteiger partial charge is 0.252 e. The maximum Gasteiger partial charge on any atom is 0.252 e. The number of amides is 1. The molecule has 2 aromatic rings. The predicted molar refractivity (Wildman–Crippen MR) is 44.4 cm³/mol. The molecule has 4 N–H and O–H groups in total. The monoisotopic (exact) mass is 179 g/mol. The summed E-state index contributed by atoms with van der Waals surface area (Å²) >= 11 is 0. The summed E-state index contributed by atoms with van der Waals surface area (Å²) in [7, 11) is 0. The van der Waals surface area contributed by atoms with Gasteiger partial charge in [-0.3, -0.25) is 9.59 Å². The number of fused-ring (bicyclic) bond motifs is 1. The fourth-order valence-electron chi connectivity index (χ4n) is 1.20. The summed E-state index contributed by atoms with van der Waals surface area (Å²) in [5, 5.41) is 18.7. The van der Waals surface area contributed by atoms with E-state index in [9.17, 15) is 19.8 Å². The zero-order valence-electron chi connectivity index (χ0n) is 6.37. The first-order valence-corrected chi connectivity index (χ1v) is 3.47. The summed E-state index contributed by atoms with van der Waals surface area (Å²) in [6, 6.07) is 1.18. The Morgan fingerprint density at radius 3 is 2.46 bits per heavy atom. The SMILES string of the molecule is NC(=O)c1cc2c(=O)c2c(O)c1O. The number of phenolic OH excluding ortho intramolecular Hbond substituents is 1. The van der Waals surface area contributed by atoms with E-state index in [2.05, 4.69) is 0 Å². The molecule has 0 saturated heterocycles. The van der Waals surface area contributed by atoms with E-state index < -0.39 is 17.4 Å². The fourth-order valence-corrected chi connectivity index (χ4v) is 1.20. The first kappa shape index (κ1) is 7.60. The lowest BCUT2D eigenvalue weighted by atomic mass is 10.2. The van der Waals surface area contributed by atoms with E-state index in [1.807, 2.05) is 0 Å². The molecular formula is C8H5NO4. The first-order chi connectivity index (χ1) is 6.04. The van der Waals surface area contributed by atoms with Crippen LogP contribution in [0.1, 0.15) is 10.4 Å². The highest BCUT2D eigenvalue weighted by atomic mass is 16.3. The number of phenols is 2. The summed E-state index contributed by atoms with van der Waals surface area (Å²) in [6.45, 7) is 0. The van der Waals surface area contributed by atoms with Crippen molar-refractivity contribution in [2.24, 2.45) is 5.73 Å². The largest absolute Gasteiger partial charge is 0.504 e. The van der Waals surface area contributed by atoms with Gasteiger partial charge in [0.2, 0.25) is 0 Å². The van der Waals surface area contributed by atoms with Gasteiger partial charge in [-0.05, 0) is 6.07 Å². The van der Waals surface area contributed by atoms with Gasteiger partial charge in [0.05, 0.1) is 10.9 Å². The standard InChI is InChI=1S/C8H5NO4/c9-8(13)3-1-2-4(5(2)10)7(12)6(3)11/h1,11-12H,(H2,9,13). The van der Waals surface area contributed by atoms with Crippen LogP contribution in [0.25, 0.3) is 10.8 Å². The van der Waals surface area contributed by atoms with Crippen LogP contribution in [0, 0.1) is 0 Å². The average molecular weight is 179 g/mol. The van der Waals surface area contributed by atoms with Gasteiger partial charge < -0.3 is 15.9 Å². The van der Waals surface area contributed by atoms with Crippen molar-refractivity contribution >= 4 is 16.7 Å². The number of aromatic hydroxyl groups is 2. The predicted octanol–water partition coefficient (Wildman–Crippen LogP) is -0.414. The van der Waals surface area contributed by atoms with Gasteiger partial charge in [0.1, 0.15) is 0 Å². The molecule has 0 atom stereocenters. The molecular weight excluding hydrogens is 174 g/mol. The minimum absolute atomic E-state index is 0.0718.